The lowest BCUT2D eigenvalue weighted by molar-refractivity contribution is 0.512. The van der Waals surface area contributed by atoms with Crippen LogP contribution in [-0.2, 0) is 0 Å². The number of aromatic nitrogens is 1. The quantitative estimate of drug-likeness (QED) is 0.491. The van der Waals surface area contributed by atoms with Crippen molar-refractivity contribution in [3.05, 3.63) is 33.7 Å². The van der Waals surface area contributed by atoms with E-state index in [1.54, 1.807) is 18.0 Å². The molecule has 0 radical (unpaired) electrons. The summed E-state index contributed by atoms with van der Waals surface area (Å²) in [6.45, 7) is 1.80. The van der Waals surface area contributed by atoms with Crippen molar-refractivity contribution in [3.8, 4) is 12.1 Å². The summed E-state index contributed by atoms with van der Waals surface area (Å²) in [4.78, 5) is 6.63. The maximum atomic E-state index is 8.78. The topological polar surface area (TPSA) is 95.9 Å². The lowest BCUT2D eigenvalue weighted by Gasteiger charge is -2.13. The highest BCUT2D eigenvalue weighted by Crippen LogP contribution is 2.16. The number of hydrogen-bond donors (Lipinski definition) is 2. The fraction of sp³-hybridized carbons (Fsp3) is 0.333. The van der Waals surface area contributed by atoms with Crippen LogP contribution in [0.5, 0.6) is 0 Å². The maximum absolute atomic E-state index is 8.78. The molecule has 0 aromatic carbocycles. The van der Waals surface area contributed by atoms with Crippen LogP contribution >= 0.6 is 24.4 Å². The molecule has 0 bridgehead atoms. The van der Waals surface area contributed by atoms with Gasteiger partial charge in [-0.3, -0.25) is 0 Å². The molecule has 23 heavy (non-hydrogen) atoms. The Kier molecular flexibility index (Phi) is 8.56. The molecule has 122 valence electrons. The predicted molar refractivity (Wildman–Crippen MR) is 99.5 cm³/mol. The standard InChI is InChI=1S/C8H9N3S.C7H11N3S/c1-11(2)7-3-4-10-8(12)6(7)5-9;1-5(10(2)3)6(4-8)7(9)11/h3-4H,1-2H3,(H,10,12);1-3H3,(H2,9,11)/b;6-5-. The van der Waals surface area contributed by atoms with Gasteiger partial charge in [0, 0.05) is 40.1 Å². The van der Waals surface area contributed by atoms with Gasteiger partial charge in [-0.1, -0.05) is 24.4 Å². The smallest absolute Gasteiger partial charge is 0.123 e. The monoisotopic (exact) mass is 348 g/mol. The number of nitrogens with one attached hydrogen (secondary N) is 1. The average molecular weight is 349 g/mol. The summed E-state index contributed by atoms with van der Waals surface area (Å²) in [6.07, 6.45) is 1.73. The minimum atomic E-state index is 0.152. The van der Waals surface area contributed by atoms with Crippen molar-refractivity contribution in [2.75, 3.05) is 33.1 Å². The molecule has 1 aromatic heterocycles. The van der Waals surface area contributed by atoms with Crippen molar-refractivity contribution in [2.24, 2.45) is 5.73 Å². The summed E-state index contributed by atoms with van der Waals surface area (Å²) >= 11 is 9.64. The van der Waals surface area contributed by atoms with Gasteiger partial charge >= 0.3 is 0 Å². The van der Waals surface area contributed by atoms with Crippen molar-refractivity contribution >= 4 is 35.1 Å². The molecule has 0 fully saturated rings. The van der Waals surface area contributed by atoms with E-state index in [0.717, 1.165) is 11.4 Å². The van der Waals surface area contributed by atoms with Crippen molar-refractivity contribution < 1.29 is 0 Å². The Bertz CT molecular complexity index is 732. The molecule has 3 N–H and O–H groups in total. The van der Waals surface area contributed by atoms with E-state index in [1.165, 1.54) is 0 Å². The summed E-state index contributed by atoms with van der Waals surface area (Å²) in [7, 11) is 7.44. The van der Waals surface area contributed by atoms with Gasteiger partial charge in [0.15, 0.2) is 0 Å². The van der Waals surface area contributed by atoms with Crippen LogP contribution in [0.15, 0.2) is 23.5 Å². The van der Waals surface area contributed by atoms with Gasteiger partial charge in [-0.05, 0) is 13.0 Å². The number of rotatable bonds is 3. The lowest BCUT2D eigenvalue weighted by atomic mass is 10.2. The van der Waals surface area contributed by atoms with E-state index in [9.17, 15) is 0 Å². The van der Waals surface area contributed by atoms with Crippen LogP contribution in [0.2, 0.25) is 0 Å². The minimum Gasteiger partial charge on any atom is -0.389 e. The van der Waals surface area contributed by atoms with Crippen LogP contribution in [0.4, 0.5) is 5.69 Å². The van der Waals surface area contributed by atoms with Gasteiger partial charge in [0.25, 0.3) is 0 Å². The zero-order valence-electron chi connectivity index (χ0n) is 13.8. The summed E-state index contributed by atoms with van der Waals surface area (Å²) in [5, 5.41) is 17.4. The van der Waals surface area contributed by atoms with E-state index < -0.39 is 0 Å². The molecular formula is C15H20N6S2. The first kappa shape index (κ1) is 20.6. The predicted octanol–water partition coefficient (Wildman–Crippen LogP) is 2.31. The molecule has 0 atom stereocenters. The van der Waals surface area contributed by atoms with Gasteiger partial charge in [-0.25, -0.2) is 0 Å². The molecule has 6 nitrogen and oxygen atoms in total. The number of H-pyrrole nitrogens is 1. The lowest BCUT2D eigenvalue weighted by Crippen LogP contribution is -2.18. The fourth-order valence-corrected chi connectivity index (χ4v) is 1.90. The fourth-order valence-electron chi connectivity index (χ4n) is 1.49. The second-order valence-corrected chi connectivity index (χ2v) is 5.75. The first-order chi connectivity index (χ1) is 10.7. The van der Waals surface area contributed by atoms with Gasteiger partial charge in [0.1, 0.15) is 32.9 Å². The third-order valence-corrected chi connectivity index (χ3v) is 3.45. The number of thiocarbonyl (C=S) groups is 1. The van der Waals surface area contributed by atoms with Gasteiger partial charge in [0.2, 0.25) is 0 Å². The van der Waals surface area contributed by atoms with Crippen LogP contribution in [-0.4, -0.2) is 43.1 Å². The Morgan fingerprint density at radius 2 is 1.83 bits per heavy atom. The van der Waals surface area contributed by atoms with Crippen molar-refractivity contribution in [3.63, 3.8) is 0 Å². The summed E-state index contributed by atoms with van der Waals surface area (Å²) in [6, 6.07) is 5.85. The number of nitrogens with zero attached hydrogens (tertiary/aromatic N) is 4. The minimum absolute atomic E-state index is 0.152. The normalized spacial score (nSPS) is 10.2. The van der Waals surface area contributed by atoms with Crippen LogP contribution in [0.1, 0.15) is 12.5 Å². The molecule has 0 saturated heterocycles. The largest absolute Gasteiger partial charge is 0.389 e. The molecule has 8 heteroatoms. The highest BCUT2D eigenvalue weighted by Gasteiger charge is 2.05. The molecule has 1 heterocycles. The Labute approximate surface area is 147 Å². The molecule has 0 spiro atoms. The highest BCUT2D eigenvalue weighted by atomic mass is 32.1. The Morgan fingerprint density at radius 1 is 1.26 bits per heavy atom. The Hall–Kier alpha value is -2.42. The summed E-state index contributed by atoms with van der Waals surface area (Å²) in [5.41, 5.74) is 7.86. The summed E-state index contributed by atoms with van der Waals surface area (Å²) < 4.78 is 0.490. The van der Waals surface area contributed by atoms with E-state index >= 15 is 0 Å². The summed E-state index contributed by atoms with van der Waals surface area (Å²) in [5.74, 6) is 0. The molecule has 0 saturated carbocycles. The molecule has 0 aliphatic heterocycles. The zero-order chi connectivity index (χ0) is 18.2. The van der Waals surface area contributed by atoms with Gasteiger partial charge in [-0.2, -0.15) is 10.5 Å². The first-order valence-corrected chi connectivity index (χ1v) is 7.36. The van der Waals surface area contributed by atoms with Crippen molar-refractivity contribution in [1.82, 2.24) is 9.88 Å². The Morgan fingerprint density at radius 3 is 2.09 bits per heavy atom. The number of anilines is 1. The van der Waals surface area contributed by atoms with Gasteiger partial charge in [0.05, 0.1) is 5.69 Å². The van der Waals surface area contributed by atoms with Crippen molar-refractivity contribution in [1.29, 1.82) is 10.5 Å². The number of pyridine rings is 1. The zero-order valence-corrected chi connectivity index (χ0v) is 15.5. The number of aromatic amines is 1. The SMILES string of the molecule is C/C(=C(\C#N)C(N)=S)N(C)C.CN(C)c1cc[nH]c(=S)c1C#N. The number of nitrogens with two attached hydrogens (primary N) is 1. The first-order valence-electron chi connectivity index (χ1n) is 6.54. The molecule has 1 rings (SSSR count). The van der Waals surface area contributed by atoms with Gasteiger partial charge < -0.3 is 20.5 Å². The molecular weight excluding hydrogens is 328 g/mol. The third-order valence-electron chi connectivity index (χ3n) is 2.92. The third kappa shape index (κ3) is 6.07. The average Bonchev–Trinajstić information content (AvgIpc) is 2.47. The van der Waals surface area contributed by atoms with Crippen LogP contribution in [0.25, 0.3) is 0 Å². The Balaban J connectivity index is 0.000000423. The second-order valence-electron chi connectivity index (χ2n) is 4.90. The molecule has 1 aromatic rings. The van der Waals surface area contributed by atoms with Crippen LogP contribution in [0.3, 0.4) is 0 Å². The van der Waals surface area contributed by atoms with E-state index in [1.807, 2.05) is 45.2 Å². The molecule has 0 aliphatic carbocycles. The van der Waals surface area contributed by atoms with E-state index in [-0.39, 0.29) is 4.99 Å². The number of allylic oxidation sites excluding steroid dienone is 1. The maximum Gasteiger partial charge on any atom is 0.123 e. The molecule has 0 unspecified atom stereocenters. The van der Waals surface area contributed by atoms with Crippen molar-refractivity contribution in [2.45, 2.75) is 6.92 Å². The highest BCUT2D eigenvalue weighted by molar-refractivity contribution is 7.80. The van der Waals surface area contributed by atoms with E-state index in [4.69, 9.17) is 28.5 Å². The van der Waals surface area contributed by atoms with Crippen LogP contribution in [0, 0.1) is 27.3 Å². The molecule has 0 aliphatic rings. The molecule has 0 amide bonds. The number of hydrogen-bond acceptors (Lipinski definition) is 6. The van der Waals surface area contributed by atoms with E-state index in [2.05, 4.69) is 23.3 Å². The second kappa shape index (κ2) is 9.57. The van der Waals surface area contributed by atoms with E-state index in [0.29, 0.717) is 15.8 Å². The van der Waals surface area contributed by atoms with Crippen LogP contribution < -0.4 is 10.6 Å². The van der Waals surface area contributed by atoms with Gasteiger partial charge in [-0.15, -0.1) is 0 Å². The number of nitriles is 2.